The number of anilines is 1. The predicted molar refractivity (Wildman–Crippen MR) is 72.4 cm³/mol. The second kappa shape index (κ2) is 5.29. The third-order valence-electron chi connectivity index (χ3n) is 2.21. The molecule has 1 N–H and O–H groups in total. The number of rotatable bonds is 4. The van der Waals surface area contributed by atoms with Crippen LogP contribution in [-0.2, 0) is 6.54 Å². The molecule has 6 heteroatoms. The van der Waals surface area contributed by atoms with Gasteiger partial charge in [0, 0.05) is 12.6 Å². The number of hydrogen-bond donors (Lipinski definition) is 1. The molecular weight excluding hydrogens is 304 g/mol. The largest absolute Gasteiger partial charge is 0.375 e. The van der Waals surface area contributed by atoms with Crippen molar-refractivity contribution in [3.63, 3.8) is 0 Å². The van der Waals surface area contributed by atoms with Crippen molar-refractivity contribution in [3.8, 4) is 0 Å². The highest BCUT2D eigenvalue weighted by atomic mass is 79.9. The Morgan fingerprint density at radius 2 is 2.18 bits per heavy atom. The van der Waals surface area contributed by atoms with Crippen LogP contribution in [0.2, 0.25) is 0 Å². The van der Waals surface area contributed by atoms with E-state index in [1.807, 2.05) is 11.4 Å². The van der Waals surface area contributed by atoms with Gasteiger partial charge in [-0.25, -0.2) is 0 Å². The molecule has 0 unspecified atom stereocenters. The highest BCUT2D eigenvalue weighted by Crippen LogP contribution is 2.25. The molecule has 0 saturated carbocycles. The highest BCUT2D eigenvalue weighted by Gasteiger charge is 2.11. The van der Waals surface area contributed by atoms with Crippen LogP contribution in [0.25, 0.3) is 0 Å². The Morgan fingerprint density at radius 1 is 1.41 bits per heavy atom. The monoisotopic (exact) mass is 312 g/mol. The number of benzene rings is 1. The van der Waals surface area contributed by atoms with Gasteiger partial charge in [0.25, 0.3) is 5.69 Å². The van der Waals surface area contributed by atoms with Gasteiger partial charge in [0.1, 0.15) is 5.69 Å². The zero-order valence-corrected chi connectivity index (χ0v) is 11.1. The summed E-state index contributed by atoms with van der Waals surface area (Å²) < 4.78 is 1.05. The second-order valence-corrected chi connectivity index (χ2v) is 5.68. The molecule has 1 heterocycles. The van der Waals surface area contributed by atoms with Gasteiger partial charge in [-0.05, 0) is 39.0 Å². The molecule has 0 fully saturated rings. The van der Waals surface area contributed by atoms with Crippen molar-refractivity contribution >= 4 is 38.6 Å². The van der Waals surface area contributed by atoms with E-state index < -0.39 is 0 Å². The van der Waals surface area contributed by atoms with Gasteiger partial charge in [-0.1, -0.05) is 12.1 Å². The number of halogens is 1. The summed E-state index contributed by atoms with van der Waals surface area (Å²) in [7, 11) is 0. The lowest BCUT2D eigenvalue weighted by Crippen LogP contribution is -2.01. The molecule has 0 bridgehead atoms. The van der Waals surface area contributed by atoms with Crippen LogP contribution in [0, 0.1) is 10.1 Å². The zero-order valence-electron chi connectivity index (χ0n) is 8.72. The van der Waals surface area contributed by atoms with Crippen LogP contribution in [0.1, 0.15) is 5.56 Å². The van der Waals surface area contributed by atoms with Gasteiger partial charge in [-0.2, -0.15) is 0 Å². The van der Waals surface area contributed by atoms with E-state index in [-0.39, 0.29) is 10.6 Å². The molecule has 0 aliphatic carbocycles. The first-order valence-corrected chi connectivity index (χ1v) is 6.54. The van der Waals surface area contributed by atoms with Gasteiger partial charge in [0.15, 0.2) is 0 Å². The Bertz CT molecular complexity index is 542. The SMILES string of the molecule is O=[N+]([O-])c1ccccc1NCc1csc(Br)c1. The maximum atomic E-state index is 10.8. The van der Waals surface area contributed by atoms with Crippen LogP contribution >= 0.6 is 27.3 Å². The minimum absolute atomic E-state index is 0.0989. The van der Waals surface area contributed by atoms with Crippen molar-refractivity contribution in [2.75, 3.05) is 5.32 Å². The Hall–Kier alpha value is -1.40. The van der Waals surface area contributed by atoms with Crippen molar-refractivity contribution in [2.24, 2.45) is 0 Å². The van der Waals surface area contributed by atoms with Crippen LogP contribution in [0.15, 0.2) is 39.5 Å². The van der Waals surface area contributed by atoms with Gasteiger partial charge < -0.3 is 5.32 Å². The van der Waals surface area contributed by atoms with Gasteiger partial charge in [0.05, 0.1) is 8.71 Å². The number of nitro groups is 1. The minimum atomic E-state index is -0.383. The Labute approximate surface area is 111 Å². The Morgan fingerprint density at radius 3 is 2.82 bits per heavy atom. The molecule has 88 valence electrons. The quantitative estimate of drug-likeness (QED) is 0.685. The topological polar surface area (TPSA) is 55.2 Å². The van der Waals surface area contributed by atoms with E-state index in [1.54, 1.807) is 29.5 Å². The first-order chi connectivity index (χ1) is 8.16. The summed E-state index contributed by atoms with van der Waals surface area (Å²) in [5.74, 6) is 0. The van der Waals surface area contributed by atoms with Crippen LogP contribution in [0.3, 0.4) is 0 Å². The van der Waals surface area contributed by atoms with Crippen molar-refractivity contribution in [1.29, 1.82) is 0 Å². The highest BCUT2D eigenvalue weighted by molar-refractivity contribution is 9.11. The lowest BCUT2D eigenvalue weighted by molar-refractivity contribution is -0.384. The van der Waals surface area contributed by atoms with E-state index in [0.717, 1.165) is 9.35 Å². The molecule has 0 aliphatic rings. The van der Waals surface area contributed by atoms with E-state index in [1.165, 1.54) is 6.07 Å². The van der Waals surface area contributed by atoms with Crippen LogP contribution < -0.4 is 5.32 Å². The summed E-state index contributed by atoms with van der Waals surface area (Å²) in [6.45, 7) is 0.576. The first kappa shape index (κ1) is 12.1. The molecule has 0 radical (unpaired) electrons. The standard InChI is InChI=1S/C11H9BrN2O2S/c12-11-5-8(7-17-11)6-13-9-3-1-2-4-10(9)14(15)16/h1-5,7,13H,6H2. The molecule has 1 aromatic heterocycles. The first-order valence-electron chi connectivity index (χ1n) is 4.87. The van der Waals surface area contributed by atoms with Crippen LogP contribution in [0.5, 0.6) is 0 Å². The normalized spacial score (nSPS) is 10.2. The van der Waals surface area contributed by atoms with Crippen LogP contribution in [0.4, 0.5) is 11.4 Å². The Balaban J connectivity index is 2.11. The van der Waals surface area contributed by atoms with Gasteiger partial charge in [0.2, 0.25) is 0 Å². The van der Waals surface area contributed by atoms with Gasteiger partial charge in [-0.15, -0.1) is 11.3 Å². The smallest absolute Gasteiger partial charge is 0.292 e. The number of hydrogen-bond acceptors (Lipinski definition) is 4. The maximum Gasteiger partial charge on any atom is 0.292 e. The number of nitrogens with one attached hydrogen (secondary N) is 1. The summed E-state index contributed by atoms with van der Waals surface area (Å²) in [5, 5.41) is 15.9. The van der Waals surface area contributed by atoms with E-state index >= 15 is 0 Å². The van der Waals surface area contributed by atoms with Gasteiger partial charge in [-0.3, -0.25) is 10.1 Å². The molecule has 0 spiro atoms. The van der Waals surface area contributed by atoms with Crippen molar-refractivity contribution < 1.29 is 4.92 Å². The average Bonchev–Trinajstić information content (AvgIpc) is 2.73. The summed E-state index contributed by atoms with van der Waals surface area (Å²) in [4.78, 5) is 10.4. The molecule has 17 heavy (non-hydrogen) atoms. The van der Waals surface area contributed by atoms with Crippen molar-refractivity contribution in [2.45, 2.75) is 6.54 Å². The predicted octanol–water partition coefficient (Wildman–Crippen LogP) is 4.03. The van der Waals surface area contributed by atoms with E-state index in [9.17, 15) is 10.1 Å². The van der Waals surface area contributed by atoms with E-state index in [0.29, 0.717) is 12.2 Å². The van der Waals surface area contributed by atoms with Gasteiger partial charge >= 0.3 is 0 Å². The molecule has 0 saturated heterocycles. The fourth-order valence-corrected chi connectivity index (χ4v) is 2.63. The molecule has 2 rings (SSSR count). The van der Waals surface area contributed by atoms with Crippen molar-refractivity contribution in [3.05, 3.63) is 55.2 Å². The fourth-order valence-electron chi connectivity index (χ4n) is 1.42. The third kappa shape index (κ3) is 3.04. The minimum Gasteiger partial charge on any atom is -0.375 e. The van der Waals surface area contributed by atoms with Crippen molar-refractivity contribution in [1.82, 2.24) is 0 Å². The number of para-hydroxylation sites is 2. The molecule has 0 aliphatic heterocycles. The lowest BCUT2D eigenvalue weighted by atomic mass is 10.2. The van der Waals surface area contributed by atoms with E-state index in [4.69, 9.17) is 0 Å². The molecule has 0 atom stereocenters. The third-order valence-corrected chi connectivity index (χ3v) is 3.76. The zero-order chi connectivity index (χ0) is 12.3. The fraction of sp³-hybridized carbons (Fsp3) is 0.0909. The molecule has 1 aromatic carbocycles. The molecule has 0 amide bonds. The number of thiophene rings is 1. The number of nitrogens with zero attached hydrogens (tertiary/aromatic N) is 1. The summed E-state index contributed by atoms with van der Waals surface area (Å²) in [6, 6.07) is 8.63. The van der Waals surface area contributed by atoms with E-state index in [2.05, 4.69) is 21.2 Å². The summed E-state index contributed by atoms with van der Waals surface area (Å²) in [6.07, 6.45) is 0. The molecule has 2 aromatic rings. The maximum absolute atomic E-state index is 10.8. The molecule has 4 nitrogen and oxygen atoms in total. The average molecular weight is 313 g/mol. The van der Waals surface area contributed by atoms with Crippen LogP contribution in [-0.4, -0.2) is 4.92 Å². The molecular formula is C11H9BrN2O2S. The Kier molecular flexibility index (Phi) is 3.75. The summed E-state index contributed by atoms with van der Waals surface area (Å²) in [5.41, 5.74) is 1.74. The summed E-state index contributed by atoms with van der Waals surface area (Å²) >= 11 is 4.97. The lowest BCUT2D eigenvalue weighted by Gasteiger charge is -2.05. The second-order valence-electron chi connectivity index (χ2n) is 3.39. The number of nitro benzene ring substituents is 1.